The van der Waals surface area contributed by atoms with Crippen LogP contribution in [-0.4, -0.2) is 47.2 Å². The van der Waals surface area contributed by atoms with Gasteiger partial charge in [0.15, 0.2) is 0 Å². The number of carboxylic acid groups (broad SMARTS) is 1. The largest absolute Gasteiger partial charge is 1.00 e. The Morgan fingerprint density at radius 1 is 1.57 bits per heavy atom. The molecule has 1 aromatic heterocycles. The first-order valence-corrected chi connectivity index (χ1v) is 7.83. The number of hydrogen-bond acceptors (Lipinski definition) is 5. The first-order chi connectivity index (χ1) is 12.5. The fourth-order valence-electron chi connectivity index (χ4n) is 1.58. The Bertz CT molecular complexity index is 677. The van der Waals surface area contributed by atoms with Gasteiger partial charge in [-0.25, -0.2) is 4.98 Å². The molecule has 1 aromatic rings. The Balaban J connectivity index is 0. The van der Waals surface area contributed by atoms with Gasteiger partial charge in [0.1, 0.15) is 5.88 Å². The standard InChI is InChI=1S/C14H11N3O.C5H9NO2.2Li/c1-2-7-16-10-11(9-15)13-4-3-8-17-14(13)18-12-5-6-12;1-3-6-4(2)5(7)8;;/h1-4,8-9,12H,5-6H2;4,6H,1-3H2,(H,7,8);;/q-4;-2;2*+1/t;4-;;/m.0../s1. The molecule has 2 rings (SSSR count). The van der Waals surface area contributed by atoms with E-state index >= 15 is 0 Å². The second-order valence-corrected chi connectivity index (χ2v) is 5.08. The van der Waals surface area contributed by atoms with Crippen molar-refractivity contribution in [1.29, 1.82) is 0 Å². The van der Waals surface area contributed by atoms with E-state index < -0.39 is 12.0 Å². The number of ether oxygens (including phenoxy) is 1. The first kappa shape index (κ1) is 28.6. The summed E-state index contributed by atoms with van der Waals surface area (Å²) in [5, 5.41) is 19.9. The first-order valence-electron chi connectivity index (χ1n) is 7.83. The fraction of sp³-hybridized carbons (Fsp3) is 0.263. The van der Waals surface area contributed by atoms with Gasteiger partial charge in [-0.2, -0.15) is 12.4 Å². The second kappa shape index (κ2) is 16.4. The SMILES string of the molecule is [CH-]=C[C-]=N[C-]=C(C=[N-])c1cccnc1OC1CC1.[CH2-]CN[C@@H]([CH2-])C(=O)O.[Li+].[Li+]. The Morgan fingerprint density at radius 2 is 2.25 bits per heavy atom. The van der Waals surface area contributed by atoms with E-state index in [2.05, 4.69) is 41.6 Å². The summed E-state index contributed by atoms with van der Waals surface area (Å²) >= 11 is 0. The molecule has 0 radical (unpaired) electrons. The molecule has 1 aliphatic carbocycles. The molecule has 28 heavy (non-hydrogen) atoms. The fourth-order valence-corrected chi connectivity index (χ4v) is 1.58. The van der Waals surface area contributed by atoms with Crippen LogP contribution in [0.3, 0.4) is 0 Å². The van der Waals surface area contributed by atoms with Crippen LogP contribution in [-0.2, 0) is 4.79 Å². The van der Waals surface area contributed by atoms with Crippen molar-refractivity contribution in [3.05, 3.63) is 62.0 Å². The molecule has 140 valence electrons. The van der Waals surface area contributed by atoms with Gasteiger partial charge in [-0.3, -0.25) is 10.4 Å². The normalized spacial score (nSPS) is 13.9. The molecule has 0 amide bonds. The molecule has 1 heterocycles. The van der Waals surface area contributed by atoms with Crippen molar-refractivity contribution >= 4 is 24.0 Å². The van der Waals surface area contributed by atoms with Crippen LogP contribution in [0.5, 0.6) is 5.88 Å². The summed E-state index contributed by atoms with van der Waals surface area (Å²) < 4.78 is 5.65. The average molecular weight is 366 g/mol. The number of nitrogens with zero attached hydrogens (tertiary/aromatic N) is 3. The van der Waals surface area contributed by atoms with Crippen molar-refractivity contribution in [3.8, 4) is 5.88 Å². The third kappa shape index (κ3) is 11.3. The van der Waals surface area contributed by atoms with Crippen LogP contribution in [0.1, 0.15) is 18.4 Å². The van der Waals surface area contributed by atoms with Gasteiger partial charge in [0, 0.05) is 6.20 Å². The minimum atomic E-state index is -0.950. The Hall–Kier alpha value is -1.61. The zero-order valence-corrected chi connectivity index (χ0v) is 16.3. The Kier molecular flexibility index (Phi) is 16.7. The van der Waals surface area contributed by atoms with Gasteiger partial charge in [0.25, 0.3) is 5.97 Å². The van der Waals surface area contributed by atoms with Gasteiger partial charge >= 0.3 is 37.7 Å². The maximum absolute atomic E-state index is 9.94. The Labute approximate surface area is 190 Å². The molecule has 1 saturated carbocycles. The average Bonchev–Trinajstić information content (AvgIpc) is 3.44. The van der Waals surface area contributed by atoms with Gasteiger partial charge in [-0.15, -0.1) is 18.2 Å². The van der Waals surface area contributed by atoms with E-state index in [1.54, 1.807) is 18.3 Å². The molecule has 9 heteroatoms. The number of nitrogens with one attached hydrogen (secondary N) is 1. The molecule has 1 fully saturated rings. The number of aliphatic imine (C=N–C) groups is 1. The molecule has 0 bridgehead atoms. The van der Waals surface area contributed by atoms with Gasteiger partial charge in [-0.1, -0.05) is 6.07 Å². The zero-order valence-electron chi connectivity index (χ0n) is 16.3. The van der Waals surface area contributed by atoms with Gasteiger partial charge in [0.2, 0.25) is 0 Å². The monoisotopic (exact) mass is 366 g/mol. The van der Waals surface area contributed by atoms with Crippen molar-refractivity contribution in [3.63, 3.8) is 0 Å². The number of allylic oxidation sites excluding steroid dienone is 2. The molecule has 0 unspecified atom stereocenters. The predicted octanol–water partition coefficient (Wildman–Crippen LogP) is -3.95. The zero-order chi connectivity index (χ0) is 19.4. The summed E-state index contributed by atoms with van der Waals surface area (Å²) in [6.07, 6.45) is 11.0. The number of rotatable bonds is 9. The van der Waals surface area contributed by atoms with E-state index in [1.807, 2.05) is 0 Å². The summed E-state index contributed by atoms with van der Waals surface area (Å²) in [6.45, 7) is 12.2. The van der Waals surface area contributed by atoms with Crippen LogP contribution in [0.2, 0.25) is 0 Å². The molecule has 0 saturated heterocycles. The molecule has 0 aliphatic heterocycles. The van der Waals surface area contributed by atoms with E-state index in [0.717, 1.165) is 25.1 Å². The minimum Gasteiger partial charge on any atom is -0.911 e. The number of hydrogen-bond donors (Lipinski definition) is 2. The van der Waals surface area contributed by atoms with Crippen LogP contribution < -0.4 is 47.8 Å². The smallest absolute Gasteiger partial charge is 0.911 e. The molecule has 0 aromatic carbocycles. The maximum atomic E-state index is 9.94. The van der Waals surface area contributed by atoms with Crippen molar-refractivity contribution in [2.24, 2.45) is 4.99 Å². The predicted molar refractivity (Wildman–Crippen MR) is 100 cm³/mol. The summed E-state index contributed by atoms with van der Waals surface area (Å²) in [5.41, 5.74) is 1.00. The number of aromatic nitrogens is 1. The molecule has 2 N–H and O–H groups in total. The quantitative estimate of drug-likeness (QED) is 0.264. The number of aliphatic carboxylic acids is 1. The second-order valence-electron chi connectivity index (χ2n) is 5.08. The van der Waals surface area contributed by atoms with Crippen LogP contribution in [0.25, 0.3) is 11.0 Å². The minimum absolute atomic E-state index is 0. The van der Waals surface area contributed by atoms with Crippen molar-refractivity contribution in [2.45, 2.75) is 25.0 Å². The van der Waals surface area contributed by atoms with Crippen molar-refractivity contribution in [1.82, 2.24) is 10.3 Å². The van der Waals surface area contributed by atoms with Gasteiger partial charge in [-0.05, 0) is 18.9 Å². The molecule has 1 atom stereocenters. The van der Waals surface area contributed by atoms with Crippen LogP contribution >= 0.6 is 0 Å². The summed E-state index contributed by atoms with van der Waals surface area (Å²) in [6, 6.07) is 2.80. The van der Waals surface area contributed by atoms with Crippen molar-refractivity contribution in [2.75, 3.05) is 6.54 Å². The van der Waals surface area contributed by atoms with Gasteiger partial charge < -0.3 is 58.3 Å². The molecular weight excluding hydrogens is 346 g/mol. The molecular formula is C19H20Li2N4O3-4. The van der Waals surface area contributed by atoms with E-state index in [9.17, 15) is 10.2 Å². The van der Waals surface area contributed by atoms with Crippen LogP contribution in [0, 0.1) is 26.6 Å². The summed E-state index contributed by atoms with van der Waals surface area (Å²) in [5.74, 6) is -0.478. The number of carbonyl (C=O) groups is 1. The third-order valence-corrected chi connectivity index (χ3v) is 3.00. The van der Waals surface area contributed by atoms with Crippen molar-refractivity contribution < 1.29 is 52.4 Å². The maximum Gasteiger partial charge on any atom is 1.00 e. The van der Waals surface area contributed by atoms with E-state index in [1.165, 1.54) is 0 Å². The van der Waals surface area contributed by atoms with E-state index in [-0.39, 0.29) is 43.8 Å². The third-order valence-electron chi connectivity index (χ3n) is 3.00. The summed E-state index contributed by atoms with van der Waals surface area (Å²) in [4.78, 5) is 17.8. The molecule has 1 aliphatic rings. The van der Waals surface area contributed by atoms with E-state index in [0.29, 0.717) is 23.6 Å². The molecule has 0 spiro atoms. The number of pyridine rings is 1. The topological polar surface area (TPSA) is 106 Å². The number of carboxylic acids is 1. The van der Waals surface area contributed by atoms with Gasteiger partial charge in [0.05, 0.1) is 6.10 Å². The van der Waals surface area contributed by atoms with Crippen LogP contribution in [0.4, 0.5) is 0 Å². The summed E-state index contributed by atoms with van der Waals surface area (Å²) in [7, 11) is 0. The van der Waals surface area contributed by atoms with E-state index in [4.69, 9.17) is 16.4 Å². The molecule has 7 nitrogen and oxygen atoms in total. The van der Waals surface area contributed by atoms with Crippen LogP contribution in [0.15, 0.2) is 29.4 Å². The Morgan fingerprint density at radius 3 is 2.71 bits per heavy atom.